The first-order valence-corrected chi connectivity index (χ1v) is 8.10. The van der Waals surface area contributed by atoms with Crippen molar-refractivity contribution < 1.29 is 9.53 Å². The van der Waals surface area contributed by atoms with Crippen LogP contribution in [-0.4, -0.2) is 29.2 Å². The summed E-state index contributed by atoms with van der Waals surface area (Å²) in [6.07, 6.45) is 12.5. The van der Waals surface area contributed by atoms with Crippen molar-refractivity contribution in [1.29, 1.82) is 0 Å². The third-order valence-corrected chi connectivity index (χ3v) is 3.51. The van der Waals surface area contributed by atoms with Crippen molar-refractivity contribution in [2.75, 3.05) is 6.54 Å². The van der Waals surface area contributed by atoms with E-state index in [1.807, 2.05) is 25.7 Å². The van der Waals surface area contributed by atoms with Gasteiger partial charge in [-0.25, -0.2) is 4.79 Å². The number of amides is 1. The quantitative estimate of drug-likeness (QED) is 0.529. The highest BCUT2D eigenvalue weighted by Crippen LogP contribution is 2.21. The number of rotatable bonds is 5. The molecule has 1 saturated heterocycles. The first-order chi connectivity index (χ1) is 9.44. The molecule has 1 fully saturated rings. The molecule has 0 spiro atoms. The fraction of sp³-hybridized carbons (Fsp3) is 0.824. The van der Waals surface area contributed by atoms with Gasteiger partial charge in [-0.15, -0.1) is 0 Å². The first kappa shape index (κ1) is 17.1. The van der Waals surface area contributed by atoms with Gasteiger partial charge in [0.1, 0.15) is 5.60 Å². The maximum Gasteiger partial charge on any atom is 0.410 e. The Balaban J connectivity index is 2.51. The number of carbonyl (C=O) groups excluding carboxylic acids is 1. The van der Waals surface area contributed by atoms with Gasteiger partial charge in [-0.3, -0.25) is 0 Å². The molecule has 1 atom stereocenters. The van der Waals surface area contributed by atoms with E-state index in [4.69, 9.17) is 4.74 Å². The van der Waals surface area contributed by atoms with E-state index in [0.29, 0.717) is 0 Å². The number of allylic oxidation sites excluding steroid dienone is 1. The molecular weight excluding hydrogens is 250 g/mol. The van der Waals surface area contributed by atoms with Crippen LogP contribution in [0.15, 0.2) is 12.2 Å². The molecule has 0 radical (unpaired) electrons. The summed E-state index contributed by atoms with van der Waals surface area (Å²) in [5, 5.41) is 0. The molecule has 0 aliphatic carbocycles. The summed E-state index contributed by atoms with van der Waals surface area (Å²) >= 11 is 0. The van der Waals surface area contributed by atoms with Gasteiger partial charge >= 0.3 is 6.09 Å². The Morgan fingerprint density at radius 3 is 2.70 bits per heavy atom. The van der Waals surface area contributed by atoms with Gasteiger partial charge < -0.3 is 9.64 Å². The van der Waals surface area contributed by atoms with Gasteiger partial charge in [0.25, 0.3) is 0 Å². The largest absolute Gasteiger partial charge is 0.444 e. The van der Waals surface area contributed by atoms with Crippen molar-refractivity contribution in [1.82, 2.24) is 4.90 Å². The molecule has 1 unspecified atom stereocenters. The van der Waals surface area contributed by atoms with E-state index >= 15 is 0 Å². The third kappa shape index (κ3) is 6.44. The second-order valence-corrected chi connectivity index (χ2v) is 6.66. The lowest BCUT2D eigenvalue weighted by Crippen LogP contribution is -2.45. The lowest BCUT2D eigenvalue weighted by molar-refractivity contribution is 0.0149. The Kier molecular flexibility index (Phi) is 7.11. The van der Waals surface area contributed by atoms with E-state index in [2.05, 4.69) is 19.1 Å². The zero-order chi connectivity index (χ0) is 15.0. The normalized spacial score (nSPS) is 20.4. The number of unbranched alkanes of at least 4 members (excludes halogenated alkanes) is 3. The number of nitrogens with zero attached hydrogens (tertiary/aromatic N) is 1. The summed E-state index contributed by atoms with van der Waals surface area (Å²) < 4.78 is 5.51. The molecule has 3 nitrogen and oxygen atoms in total. The number of likely N-dealkylation sites (tertiary alicyclic amines) is 1. The Labute approximate surface area is 124 Å². The second kappa shape index (κ2) is 8.33. The number of hydrogen-bond donors (Lipinski definition) is 0. The van der Waals surface area contributed by atoms with Crippen LogP contribution in [0.1, 0.15) is 72.6 Å². The van der Waals surface area contributed by atoms with Crippen molar-refractivity contribution in [3.8, 4) is 0 Å². The minimum absolute atomic E-state index is 0.166. The van der Waals surface area contributed by atoms with Gasteiger partial charge in [-0.05, 0) is 52.9 Å². The minimum Gasteiger partial charge on any atom is -0.444 e. The van der Waals surface area contributed by atoms with E-state index in [-0.39, 0.29) is 12.1 Å². The SMILES string of the molecule is CCCCC/C=C/C1CCCCN1C(=O)OC(C)(C)C. The standard InChI is InChI=1S/C17H31NO2/c1-5-6-7-8-9-12-15-13-10-11-14-18(15)16(19)20-17(2,3)4/h9,12,15H,5-8,10-11,13-14H2,1-4H3/b12-9+. The zero-order valence-electron chi connectivity index (χ0n) is 13.7. The molecule has 20 heavy (non-hydrogen) atoms. The third-order valence-electron chi connectivity index (χ3n) is 3.51. The van der Waals surface area contributed by atoms with Gasteiger partial charge in [0, 0.05) is 6.54 Å². The van der Waals surface area contributed by atoms with Gasteiger partial charge in [0.2, 0.25) is 0 Å². The number of hydrogen-bond acceptors (Lipinski definition) is 2. The molecule has 0 aromatic heterocycles. The fourth-order valence-electron chi connectivity index (χ4n) is 2.47. The zero-order valence-corrected chi connectivity index (χ0v) is 13.7. The van der Waals surface area contributed by atoms with Crippen molar-refractivity contribution >= 4 is 6.09 Å². The molecule has 116 valence electrons. The summed E-state index contributed by atoms with van der Waals surface area (Å²) in [5.41, 5.74) is -0.413. The number of carbonyl (C=O) groups is 1. The van der Waals surface area contributed by atoms with Crippen LogP contribution in [0, 0.1) is 0 Å². The maximum absolute atomic E-state index is 12.2. The van der Waals surface area contributed by atoms with Crippen LogP contribution < -0.4 is 0 Å². The summed E-state index contributed by atoms with van der Waals surface area (Å²) in [7, 11) is 0. The first-order valence-electron chi connectivity index (χ1n) is 8.10. The lowest BCUT2D eigenvalue weighted by Gasteiger charge is -2.35. The molecule has 0 N–H and O–H groups in total. The molecule has 1 heterocycles. The molecule has 1 amide bonds. The van der Waals surface area contributed by atoms with Crippen molar-refractivity contribution in [3.05, 3.63) is 12.2 Å². The fourth-order valence-corrected chi connectivity index (χ4v) is 2.47. The topological polar surface area (TPSA) is 29.5 Å². The lowest BCUT2D eigenvalue weighted by atomic mass is 10.0. The minimum atomic E-state index is -0.413. The van der Waals surface area contributed by atoms with Crippen LogP contribution in [0.2, 0.25) is 0 Å². The van der Waals surface area contributed by atoms with E-state index in [0.717, 1.165) is 25.8 Å². The molecule has 0 saturated carbocycles. The monoisotopic (exact) mass is 281 g/mol. The molecule has 1 rings (SSSR count). The van der Waals surface area contributed by atoms with E-state index in [1.165, 1.54) is 25.7 Å². The average Bonchev–Trinajstić information content (AvgIpc) is 2.37. The highest BCUT2D eigenvalue weighted by molar-refractivity contribution is 5.69. The molecule has 1 aliphatic rings. The summed E-state index contributed by atoms with van der Waals surface area (Å²) in [6.45, 7) is 8.80. The molecule has 3 heteroatoms. The summed E-state index contributed by atoms with van der Waals surface area (Å²) in [6, 6.07) is 0.222. The molecule has 0 aromatic rings. The molecule has 0 aromatic carbocycles. The number of piperidine rings is 1. The highest BCUT2D eigenvalue weighted by Gasteiger charge is 2.28. The predicted molar refractivity (Wildman–Crippen MR) is 83.9 cm³/mol. The van der Waals surface area contributed by atoms with E-state index < -0.39 is 5.60 Å². The smallest absolute Gasteiger partial charge is 0.410 e. The summed E-state index contributed by atoms with van der Waals surface area (Å²) in [4.78, 5) is 14.1. The Hall–Kier alpha value is -0.990. The van der Waals surface area contributed by atoms with Crippen LogP contribution >= 0.6 is 0 Å². The Morgan fingerprint density at radius 1 is 1.30 bits per heavy atom. The summed E-state index contributed by atoms with van der Waals surface area (Å²) in [5.74, 6) is 0. The highest BCUT2D eigenvalue weighted by atomic mass is 16.6. The maximum atomic E-state index is 12.2. The van der Waals surface area contributed by atoms with Crippen molar-refractivity contribution in [2.45, 2.75) is 84.3 Å². The van der Waals surface area contributed by atoms with Crippen molar-refractivity contribution in [3.63, 3.8) is 0 Å². The van der Waals surface area contributed by atoms with Crippen LogP contribution in [0.5, 0.6) is 0 Å². The van der Waals surface area contributed by atoms with Gasteiger partial charge in [0.15, 0.2) is 0 Å². The van der Waals surface area contributed by atoms with E-state index in [9.17, 15) is 4.79 Å². The molecular formula is C17H31NO2. The Bertz CT molecular complexity index is 317. The van der Waals surface area contributed by atoms with Gasteiger partial charge in [-0.1, -0.05) is 31.9 Å². The van der Waals surface area contributed by atoms with Gasteiger partial charge in [-0.2, -0.15) is 0 Å². The second-order valence-electron chi connectivity index (χ2n) is 6.66. The van der Waals surface area contributed by atoms with Gasteiger partial charge in [0.05, 0.1) is 6.04 Å². The Morgan fingerprint density at radius 2 is 2.05 bits per heavy atom. The van der Waals surface area contributed by atoms with Crippen LogP contribution in [0.4, 0.5) is 4.79 Å². The average molecular weight is 281 g/mol. The van der Waals surface area contributed by atoms with Crippen LogP contribution in [0.3, 0.4) is 0 Å². The molecule has 0 bridgehead atoms. The number of ether oxygens (including phenoxy) is 1. The molecule has 1 aliphatic heterocycles. The van der Waals surface area contributed by atoms with Crippen LogP contribution in [-0.2, 0) is 4.74 Å². The predicted octanol–water partition coefficient (Wildman–Crippen LogP) is 4.91. The van der Waals surface area contributed by atoms with Crippen LogP contribution in [0.25, 0.3) is 0 Å². The van der Waals surface area contributed by atoms with E-state index in [1.54, 1.807) is 0 Å². The van der Waals surface area contributed by atoms with Crippen molar-refractivity contribution in [2.24, 2.45) is 0 Å².